The molecule has 2 heterocycles. The van der Waals surface area contributed by atoms with E-state index in [4.69, 9.17) is 18.9 Å². The molecule has 0 saturated carbocycles. The van der Waals surface area contributed by atoms with Crippen molar-refractivity contribution in [3.63, 3.8) is 0 Å². The van der Waals surface area contributed by atoms with Gasteiger partial charge in [-0.3, -0.25) is 9.59 Å². The number of ketones is 1. The fraction of sp³-hybridized carbons (Fsp3) is 0.417. The third kappa shape index (κ3) is 9.62. The third-order valence-electron chi connectivity index (χ3n) is 8.17. The van der Waals surface area contributed by atoms with E-state index in [0.717, 1.165) is 0 Å². The van der Waals surface area contributed by atoms with Crippen molar-refractivity contribution in [1.82, 2.24) is 15.3 Å². The lowest BCUT2D eigenvalue weighted by Gasteiger charge is -2.24. The van der Waals surface area contributed by atoms with Gasteiger partial charge in [0.15, 0.2) is 11.5 Å². The maximum Gasteiger partial charge on any atom is 0.342 e. The lowest BCUT2D eigenvalue weighted by atomic mass is 9.84. The number of esters is 1. The molecule has 0 radical (unpaired) electrons. The van der Waals surface area contributed by atoms with Crippen LogP contribution in [-0.4, -0.2) is 78.4 Å². The number of hydrogen-bond donors (Lipinski definition) is 4. The first-order chi connectivity index (χ1) is 23.7. The van der Waals surface area contributed by atoms with Crippen molar-refractivity contribution in [2.24, 2.45) is 0 Å². The van der Waals surface area contributed by atoms with Gasteiger partial charge in [-0.2, -0.15) is 0 Å². The molecule has 13 heteroatoms. The number of nitrogens with one attached hydrogen (secondary N) is 2. The molecule has 0 bridgehead atoms. The Morgan fingerprint density at radius 3 is 2.37 bits per heavy atom. The molecule has 1 aliphatic heterocycles. The Morgan fingerprint density at radius 1 is 1.00 bits per heavy atom. The molecule has 49 heavy (non-hydrogen) atoms. The molecule has 0 saturated heterocycles. The highest BCUT2D eigenvalue weighted by Crippen LogP contribution is 2.47. The zero-order valence-electron chi connectivity index (χ0n) is 28.3. The summed E-state index contributed by atoms with van der Waals surface area (Å²) >= 11 is 0. The topological polar surface area (TPSA) is 178 Å². The highest BCUT2D eigenvalue weighted by atomic mass is 16.5. The number of Topliss-reactive ketones (excluding diaryl/α,β-unsaturated/α-hetero) is 1. The maximum atomic E-state index is 13.7. The minimum Gasteiger partial charge on any atom is -0.507 e. The highest BCUT2D eigenvalue weighted by Gasteiger charge is 2.32. The lowest BCUT2D eigenvalue weighted by molar-refractivity contribution is -0.121. The smallest absolute Gasteiger partial charge is 0.342 e. The number of cyclic esters (lactones) is 1. The van der Waals surface area contributed by atoms with E-state index >= 15 is 0 Å². The first-order valence-corrected chi connectivity index (χ1v) is 16.2. The predicted molar refractivity (Wildman–Crippen MR) is 182 cm³/mol. The minimum absolute atomic E-state index is 0.0521. The van der Waals surface area contributed by atoms with Crippen molar-refractivity contribution in [2.75, 3.05) is 39.7 Å². The number of allylic oxidation sites excluding steroid dienone is 1. The number of rotatable bonds is 11. The molecule has 4 rings (SSSR count). The average molecular weight is 677 g/mol. The largest absolute Gasteiger partial charge is 0.507 e. The summed E-state index contributed by atoms with van der Waals surface area (Å²) in [6.07, 6.45) is 8.88. The fourth-order valence-corrected chi connectivity index (χ4v) is 5.73. The number of fused-ring (bicyclic) bond motifs is 1. The first kappa shape index (κ1) is 36.5. The van der Waals surface area contributed by atoms with Crippen LogP contribution in [0.25, 0.3) is 6.08 Å². The van der Waals surface area contributed by atoms with Gasteiger partial charge >= 0.3 is 5.97 Å². The van der Waals surface area contributed by atoms with E-state index in [2.05, 4.69) is 20.6 Å². The van der Waals surface area contributed by atoms with Crippen LogP contribution in [0.15, 0.2) is 42.7 Å². The van der Waals surface area contributed by atoms with E-state index in [1.54, 1.807) is 49.7 Å². The van der Waals surface area contributed by atoms with Gasteiger partial charge in [0, 0.05) is 56.2 Å². The number of methoxy groups -OCH3 is 3. The van der Waals surface area contributed by atoms with Crippen LogP contribution in [0.4, 0.5) is 5.95 Å². The van der Waals surface area contributed by atoms with Crippen molar-refractivity contribution in [3.8, 4) is 28.7 Å². The monoisotopic (exact) mass is 676 g/mol. The van der Waals surface area contributed by atoms with Crippen LogP contribution in [0.2, 0.25) is 0 Å². The highest BCUT2D eigenvalue weighted by molar-refractivity contribution is 5.98. The number of anilines is 1. The summed E-state index contributed by atoms with van der Waals surface area (Å²) in [7, 11) is 4.36. The Balaban J connectivity index is 1.77. The van der Waals surface area contributed by atoms with Crippen LogP contribution < -0.4 is 24.8 Å². The SMILES string of the molecule is COc1cc(C(CC(=O)NCCNc2ncccn2)c2c(O)cc3c(c2O)C(=O)OC(C)CCCC(=O)CCCC=C3)cc(OC)c1OC. The molecule has 1 aliphatic rings. The summed E-state index contributed by atoms with van der Waals surface area (Å²) in [6, 6.07) is 6.32. The molecule has 3 aromatic rings. The summed E-state index contributed by atoms with van der Waals surface area (Å²) in [5.41, 5.74) is 0.480. The second kappa shape index (κ2) is 17.7. The standard InChI is InChI=1S/C36H44N4O9/c1-22-10-8-13-25(41)12-7-5-6-11-23-18-27(42)32(33(44)31(23)35(45)49-22)26(24-19-28(46-2)34(48-4)29(20-24)47-3)21-30(43)37-16-17-40-36-38-14-9-15-39-36/h6,9,11,14-15,18-20,22,26,42,44H,5,7-8,10,12-13,16-17,21H2,1-4H3,(H,37,43)(H,38,39,40). The maximum absolute atomic E-state index is 13.7. The van der Waals surface area contributed by atoms with E-state index in [9.17, 15) is 24.6 Å². The molecule has 1 aromatic heterocycles. The van der Waals surface area contributed by atoms with E-state index in [1.165, 1.54) is 27.4 Å². The molecule has 1 amide bonds. The van der Waals surface area contributed by atoms with Crippen molar-refractivity contribution >= 4 is 29.7 Å². The normalized spacial score (nSPS) is 16.0. The van der Waals surface area contributed by atoms with Gasteiger partial charge in [-0.25, -0.2) is 14.8 Å². The number of carbonyl (C=O) groups excluding carboxylic acids is 3. The number of benzene rings is 2. The average Bonchev–Trinajstić information content (AvgIpc) is 3.08. The quantitative estimate of drug-likeness (QED) is 0.155. The molecule has 2 unspecified atom stereocenters. The Hall–Kier alpha value is -5.33. The molecule has 2 atom stereocenters. The van der Waals surface area contributed by atoms with E-state index in [-0.39, 0.29) is 41.2 Å². The van der Waals surface area contributed by atoms with Crippen LogP contribution in [0.1, 0.15) is 84.8 Å². The number of nitrogens with zero attached hydrogens (tertiary/aromatic N) is 2. The van der Waals surface area contributed by atoms with Gasteiger partial charge in [0.05, 0.1) is 27.4 Å². The molecular formula is C36H44N4O9. The van der Waals surface area contributed by atoms with Crippen molar-refractivity contribution in [1.29, 1.82) is 0 Å². The van der Waals surface area contributed by atoms with Gasteiger partial charge in [-0.15, -0.1) is 0 Å². The number of phenols is 2. The summed E-state index contributed by atoms with van der Waals surface area (Å²) in [5.74, 6) is -1.58. The van der Waals surface area contributed by atoms with Crippen LogP contribution in [0.5, 0.6) is 28.7 Å². The first-order valence-electron chi connectivity index (χ1n) is 16.2. The molecular weight excluding hydrogens is 632 g/mol. The zero-order chi connectivity index (χ0) is 35.3. The number of ether oxygens (including phenoxy) is 4. The zero-order valence-corrected chi connectivity index (χ0v) is 28.3. The molecule has 2 aromatic carbocycles. The molecule has 0 fully saturated rings. The predicted octanol–water partition coefficient (Wildman–Crippen LogP) is 5.15. The summed E-state index contributed by atoms with van der Waals surface area (Å²) < 4.78 is 22.3. The number of amides is 1. The summed E-state index contributed by atoms with van der Waals surface area (Å²) in [4.78, 5) is 47.5. The van der Waals surface area contributed by atoms with Gasteiger partial charge in [0.1, 0.15) is 22.8 Å². The lowest BCUT2D eigenvalue weighted by Crippen LogP contribution is -2.30. The number of aromatic hydroxyl groups is 2. The number of carbonyl (C=O) groups is 3. The van der Waals surface area contributed by atoms with Crippen LogP contribution in [0, 0.1) is 0 Å². The van der Waals surface area contributed by atoms with Crippen LogP contribution in [0.3, 0.4) is 0 Å². The van der Waals surface area contributed by atoms with Gasteiger partial charge in [0.25, 0.3) is 0 Å². The molecule has 262 valence electrons. The van der Waals surface area contributed by atoms with Gasteiger partial charge < -0.3 is 39.8 Å². The molecule has 0 spiro atoms. The third-order valence-corrected chi connectivity index (χ3v) is 8.17. The second-order valence-corrected chi connectivity index (χ2v) is 11.6. The number of aromatic nitrogens is 2. The molecule has 0 aliphatic carbocycles. The molecule has 4 N–H and O–H groups in total. The minimum atomic E-state index is -0.988. The van der Waals surface area contributed by atoms with E-state index in [1.807, 2.05) is 0 Å². The van der Waals surface area contributed by atoms with Gasteiger partial charge in [-0.05, 0) is 68.0 Å². The Bertz CT molecular complexity index is 1620. The Morgan fingerprint density at radius 2 is 1.69 bits per heavy atom. The number of hydrogen-bond acceptors (Lipinski definition) is 12. The Kier molecular flexibility index (Phi) is 13.2. The Labute approximate surface area is 285 Å². The van der Waals surface area contributed by atoms with Gasteiger partial charge in [-0.1, -0.05) is 12.2 Å². The summed E-state index contributed by atoms with van der Waals surface area (Å²) in [5, 5.41) is 29.2. The van der Waals surface area contributed by atoms with E-state index in [0.29, 0.717) is 73.8 Å². The second-order valence-electron chi connectivity index (χ2n) is 11.6. The van der Waals surface area contributed by atoms with Crippen molar-refractivity contribution in [2.45, 2.75) is 63.9 Å². The van der Waals surface area contributed by atoms with Crippen molar-refractivity contribution in [3.05, 3.63) is 65.0 Å². The van der Waals surface area contributed by atoms with Crippen LogP contribution in [-0.2, 0) is 14.3 Å². The number of phenolic OH excluding ortho intramolecular Hbond substituents is 2. The fourth-order valence-electron chi connectivity index (χ4n) is 5.73. The van der Waals surface area contributed by atoms with Crippen LogP contribution >= 0.6 is 0 Å². The summed E-state index contributed by atoms with van der Waals surface area (Å²) in [6.45, 7) is 2.29. The van der Waals surface area contributed by atoms with Crippen molar-refractivity contribution < 1.29 is 43.5 Å². The van der Waals surface area contributed by atoms with E-state index < -0.39 is 29.6 Å². The van der Waals surface area contributed by atoms with Gasteiger partial charge in [0.2, 0.25) is 17.6 Å². The molecule has 13 nitrogen and oxygen atoms in total.